The topological polar surface area (TPSA) is 117 Å². The zero-order valence-corrected chi connectivity index (χ0v) is 28.2. The summed E-state index contributed by atoms with van der Waals surface area (Å²) in [5.74, 6) is -3.59. The Labute approximate surface area is 282 Å². The van der Waals surface area contributed by atoms with Crippen molar-refractivity contribution in [1.29, 1.82) is 0 Å². The number of hydrogen-bond acceptors (Lipinski definition) is 7. The first-order valence-corrected chi connectivity index (χ1v) is 16.9. The Morgan fingerprint density at radius 1 is 0.979 bits per heavy atom. The zero-order chi connectivity index (χ0) is 34.3. The number of anilines is 1. The summed E-state index contributed by atoms with van der Waals surface area (Å²) in [7, 11) is 1.71. The largest absolute Gasteiger partial charge is 0.455 e. The molecule has 5 bridgehead atoms. The first-order chi connectivity index (χ1) is 23.0. The number of likely N-dealkylation sites (N-methyl/N-ethyl adjacent to an activating group) is 1. The fourth-order valence-electron chi connectivity index (χ4n) is 8.04. The van der Waals surface area contributed by atoms with E-state index >= 15 is 4.79 Å². The van der Waals surface area contributed by atoms with E-state index in [1.54, 1.807) is 29.0 Å². The lowest BCUT2D eigenvalue weighted by Crippen LogP contribution is -2.58. The highest BCUT2D eigenvalue weighted by Crippen LogP contribution is 2.56. The summed E-state index contributed by atoms with van der Waals surface area (Å²) in [5, 5.41) is 10.5. The highest BCUT2D eigenvalue weighted by atomic mass is 16.6. The molecule has 10 nitrogen and oxygen atoms in total. The van der Waals surface area contributed by atoms with E-state index in [2.05, 4.69) is 0 Å². The van der Waals surface area contributed by atoms with Gasteiger partial charge in [-0.1, -0.05) is 79.8 Å². The molecule has 1 spiro atoms. The number of fused-ring (bicyclic) bond motifs is 2. The van der Waals surface area contributed by atoms with Crippen LogP contribution in [-0.4, -0.2) is 88.6 Å². The van der Waals surface area contributed by atoms with Gasteiger partial charge in [-0.15, -0.1) is 0 Å². The molecular formula is C38H45N3O7. The number of allylic oxidation sites excluding steroid dienone is 1. The molecule has 0 aromatic heterocycles. The Morgan fingerprint density at radius 2 is 1.69 bits per heavy atom. The van der Waals surface area contributed by atoms with Gasteiger partial charge in [0, 0.05) is 25.7 Å². The molecule has 4 aliphatic heterocycles. The number of hydrogen-bond donors (Lipinski definition) is 1. The third kappa shape index (κ3) is 5.44. The van der Waals surface area contributed by atoms with Gasteiger partial charge in [0.2, 0.25) is 11.8 Å². The maximum Gasteiger partial charge on any atom is 0.313 e. The number of ether oxygens (including phenoxy) is 2. The fourth-order valence-corrected chi connectivity index (χ4v) is 8.04. The molecule has 2 aromatic carbocycles. The number of aliphatic hydroxyl groups excluding tert-OH is 1. The Kier molecular flexibility index (Phi) is 9.33. The molecule has 2 saturated heterocycles. The van der Waals surface area contributed by atoms with Gasteiger partial charge in [0.25, 0.3) is 5.91 Å². The third-order valence-electron chi connectivity index (χ3n) is 10.7. The third-order valence-corrected chi connectivity index (χ3v) is 10.7. The van der Waals surface area contributed by atoms with Crippen LogP contribution in [0.5, 0.6) is 0 Å². The number of esters is 1. The molecular weight excluding hydrogens is 610 g/mol. The van der Waals surface area contributed by atoms with Crippen LogP contribution < -0.4 is 4.90 Å². The molecule has 6 rings (SSSR count). The van der Waals surface area contributed by atoms with Gasteiger partial charge in [-0.2, -0.15) is 0 Å². The molecule has 4 heterocycles. The van der Waals surface area contributed by atoms with Crippen molar-refractivity contribution >= 4 is 29.4 Å². The first kappa shape index (κ1) is 33.6. The lowest BCUT2D eigenvalue weighted by Gasteiger charge is -2.39. The normalized spacial score (nSPS) is 32.1. The van der Waals surface area contributed by atoms with Gasteiger partial charge in [-0.05, 0) is 50.3 Å². The van der Waals surface area contributed by atoms with Crippen LogP contribution in [0.25, 0.3) is 0 Å². The molecule has 1 N–H and O–H groups in total. The minimum atomic E-state index is -1.43. The van der Waals surface area contributed by atoms with Crippen molar-refractivity contribution in [2.24, 2.45) is 11.8 Å². The van der Waals surface area contributed by atoms with Gasteiger partial charge < -0.3 is 29.3 Å². The van der Waals surface area contributed by atoms with Crippen molar-refractivity contribution in [1.82, 2.24) is 9.80 Å². The van der Waals surface area contributed by atoms with Crippen LogP contribution in [0, 0.1) is 25.7 Å². The number of cyclic esters (lactones) is 1. The van der Waals surface area contributed by atoms with Crippen molar-refractivity contribution in [2.45, 2.75) is 82.9 Å². The Hall–Kier alpha value is -4.28. The second-order valence-electron chi connectivity index (χ2n) is 13.4. The van der Waals surface area contributed by atoms with Gasteiger partial charge in [-0.25, -0.2) is 0 Å². The summed E-state index contributed by atoms with van der Waals surface area (Å²) in [5.41, 5.74) is 1.77. The predicted octanol–water partition coefficient (Wildman–Crippen LogP) is 4.04. The molecule has 8 atom stereocenters. The van der Waals surface area contributed by atoms with Crippen LogP contribution in [0.3, 0.4) is 0 Å². The van der Waals surface area contributed by atoms with Crippen LogP contribution in [-0.2, 0) is 28.7 Å². The molecule has 10 heteroatoms. The van der Waals surface area contributed by atoms with E-state index in [9.17, 15) is 19.5 Å². The summed E-state index contributed by atoms with van der Waals surface area (Å²) in [6, 6.07) is 12.7. The van der Waals surface area contributed by atoms with Crippen LogP contribution in [0.2, 0.25) is 0 Å². The Balaban J connectivity index is 1.50. The minimum Gasteiger partial charge on any atom is -0.455 e. The van der Waals surface area contributed by atoms with Crippen LogP contribution in [0.15, 0.2) is 72.8 Å². The predicted molar refractivity (Wildman–Crippen MR) is 180 cm³/mol. The smallest absolute Gasteiger partial charge is 0.313 e. The van der Waals surface area contributed by atoms with Gasteiger partial charge in [0.15, 0.2) is 0 Å². The molecule has 0 radical (unpaired) electrons. The second kappa shape index (κ2) is 13.3. The number of carbonyl (C=O) groups is 4. The molecule has 2 fully saturated rings. The SMILES string of the molecule is CC[C@@H](CO)N1C(=O)[C@@H]2[C@H]3C(=O)O[C@@H](c4ccccc4)[C@H](C)N(C)C(=O)CC/C=C\CN(c4c(C)cccc4C)C(=O)[C@@H]1[C@]21C=C[C@H]3O1. The zero-order valence-electron chi connectivity index (χ0n) is 28.2. The highest BCUT2D eigenvalue weighted by molar-refractivity contribution is 6.06. The number of likely N-dealkylation sites (tertiary alicyclic amines) is 1. The number of benzene rings is 2. The summed E-state index contributed by atoms with van der Waals surface area (Å²) in [4.78, 5) is 62.2. The molecule has 0 aliphatic carbocycles. The number of para-hydroxylation sites is 1. The second-order valence-corrected chi connectivity index (χ2v) is 13.4. The van der Waals surface area contributed by atoms with Crippen molar-refractivity contribution in [2.75, 3.05) is 25.1 Å². The number of amides is 3. The number of carbonyl (C=O) groups excluding carboxylic acids is 4. The standard InChI is InChI=1S/C38H45N3O7/c1-6-27(22-42)41-34-36(45)40(32-23(2)14-13-15-24(32)3)21-12-8-11-18-29(43)39(5)25(4)33(26-16-9-7-10-17-26)47-37(46)30-28-19-20-38(34,48-28)31(30)35(41)44/h7-10,12-17,19-20,25,27-28,30-31,33-34,42H,6,11,18,21-22H2,1-5H3/b12-8-/t25-,27-,28+,30-,31-,33+,34+,38-/m0/s1. The lowest BCUT2D eigenvalue weighted by atomic mass is 9.74. The van der Waals surface area contributed by atoms with E-state index in [4.69, 9.17) is 9.47 Å². The molecule has 3 amide bonds. The van der Waals surface area contributed by atoms with Crippen molar-refractivity contribution in [3.63, 3.8) is 0 Å². The van der Waals surface area contributed by atoms with Crippen molar-refractivity contribution in [3.8, 4) is 0 Å². The fraction of sp³-hybridized carbons (Fsp3) is 0.474. The van der Waals surface area contributed by atoms with Crippen molar-refractivity contribution < 1.29 is 33.8 Å². The summed E-state index contributed by atoms with van der Waals surface area (Å²) >= 11 is 0. The molecule has 254 valence electrons. The van der Waals surface area contributed by atoms with E-state index < -0.39 is 59.6 Å². The Bertz CT molecular complexity index is 1620. The monoisotopic (exact) mass is 655 g/mol. The van der Waals surface area contributed by atoms with E-state index in [1.807, 2.05) is 88.4 Å². The van der Waals surface area contributed by atoms with Gasteiger partial charge in [0.05, 0.1) is 30.7 Å². The molecule has 4 aliphatic rings. The average molecular weight is 656 g/mol. The Morgan fingerprint density at radius 3 is 2.35 bits per heavy atom. The summed E-state index contributed by atoms with van der Waals surface area (Å²) in [6.07, 6.45) is 6.78. The summed E-state index contributed by atoms with van der Waals surface area (Å²) < 4.78 is 12.9. The van der Waals surface area contributed by atoms with Crippen LogP contribution in [0.1, 0.15) is 55.9 Å². The minimum absolute atomic E-state index is 0.110. The lowest BCUT2D eigenvalue weighted by molar-refractivity contribution is -0.164. The first-order valence-electron chi connectivity index (χ1n) is 16.9. The number of aryl methyl sites for hydroxylation is 2. The highest BCUT2D eigenvalue weighted by Gasteiger charge is 2.74. The van der Waals surface area contributed by atoms with Crippen LogP contribution >= 0.6 is 0 Å². The van der Waals surface area contributed by atoms with Gasteiger partial charge in [-0.3, -0.25) is 19.2 Å². The molecule has 2 aromatic rings. The van der Waals surface area contributed by atoms with E-state index in [0.29, 0.717) is 18.4 Å². The molecule has 0 unspecified atom stereocenters. The van der Waals surface area contributed by atoms with Crippen LogP contribution in [0.4, 0.5) is 5.69 Å². The number of aliphatic hydroxyl groups is 1. The maximum atomic E-state index is 15.1. The van der Waals surface area contributed by atoms with E-state index in [-0.39, 0.29) is 31.4 Å². The average Bonchev–Trinajstić information content (AvgIpc) is 3.73. The van der Waals surface area contributed by atoms with Gasteiger partial charge in [0.1, 0.15) is 23.7 Å². The van der Waals surface area contributed by atoms with Crippen molar-refractivity contribution in [3.05, 3.63) is 89.5 Å². The van der Waals surface area contributed by atoms with E-state index in [1.165, 1.54) is 4.90 Å². The number of nitrogens with zero attached hydrogens (tertiary/aromatic N) is 3. The molecule has 48 heavy (non-hydrogen) atoms. The number of rotatable bonds is 5. The maximum absolute atomic E-state index is 15.1. The van der Waals surface area contributed by atoms with E-state index in [0.717, 1.165) is 16.8 Å². The molecule has 0 saturated carbocycles. The summed E-state index contributed by atoms with van der Waals surface area (Å²) in [6.45, 7) is 7.41. The van der Waals surface area contributed by atoms with Gasteiger partial charge >= 0.3 is 5.97 Å². The quantitative estimate of drug-likeness (QED) is 0.382.